The van der Waals surface area contributed by atoms with Gasteiger partial charge in [0, 0.05) is 62.8 Å². The number of likely N-dealkylation sites (N-methyl/N-ethyl adjacent to an activating group) is 3. The summed E-state index contributed by atoms with van der Waals surface area (Å²) >= 11 is 0. The number of halogens is 1. The molecule has 0 bridgehead atoms. The molecule has 8 rings (SSSR count). The second-order valence-electron chi connectivity index (χ2n) is 22.0. The van der Waals surface area contributed by atoms with E-state index in [9.17, 15) is 29.1 Å². The monoisotopic (exact) mass is 1110 g/mol. The third-order valence-electron chi connectivity index (χ3n) is 16.4. The van der Waals surface area contributed by atoms with E-state index in [4.69, 9.17) is 25.9 Å². The van der Waals surface area contributed by atoms with Gasteiger partial charge in [-0.25, -0.2) is 19.0 Å². The van der Waals surface area contributed by atoms with Crippen molar-refractivity contribution in [2.45, 2.75) is 122 Å². The molecule has 0 spiro atoms. The molecule has 1 fully saturated rings. The number of benzene rings is 2. The summed E-state index contributed by atoms with van der Waals surface area (Å²) in [6, 6.07) is 5.98. The number of carbonyl (C=O) groups excluding carboxylic acids is 6. The molecule has 4 aromatic rings. The van der Waals surface area contributed by atoms with E-state index in [0.29, 0.717) is 85.3 Å². The topological polar surface area (TPSA) is 294 Å². The summed E-state index contributed by atoms with van der Waals surface area (Å²) in [5.74, 6) is -6.47. The van der Waals surface area contributed by atoms with Crippen molar-refractivity contribution in [2.75, 3.05) is 67.0 Å². The molecule has 5 amide bonds. The number of aryl methyl sites for hydroxylation is 1. The lowest BCUT2D eigenvalue weighted by Gasteiger charge is -2.45. The number of ether oxygens (including phenoxy) is 2. The van der Waals surface area contributed by atoms with E-state index in [1.807, 2.05) is 49.3 Å². The van der Waals surface area contributed by atoms with Gasteiger partial charge in [0.2, 0.25) is 23.6 Å². The summed E-state index contributed by atoms with van der Waals surface area (Å²) in [6.45, 7) is 9.19. The van der Waals surface area contributed by atoms with Gasteiger partial charge in [0.25, 0.3) is 5.56 Å². The number of nitrogens with one attached hydrogen (secondary N) is 3. The van der Waals surface area contributed by atoms with Crippen LogP contribution in [0, 0.1) is 18.7 Å². The van der Waals surface area contributed by atoms with Gasteiger partial charge in [0.05, 0.1) is 41.5 Å². The van der Waals surface area contributed by atoms with Crippen LogP contribution in [0.1, 0.15) is 97.9 Å². The molecule has 2 aromatic heterocycles. The number of aromatic nitrogens is 2. The van der Waals surface area contributed by atoms with Crippen LogP contribution < -0.4 is 33.0 Å². The van der Waals surface area contributed by atoms with Crippen molar-refractivity contribution in [2.24, 2.45) is 17.4 Å². The Morgan fingerprint density at radius 1 is 0.963 bits per heavy atom. The molecule has 8 N–H and O–H groups in total. The second kappa shape index (κ2) is 24.6. The number of cyclic esters (lactones) is 1. The number of nitrogens with two attached hydrogens (primary N) is 2. The molecule has 1 aliphatic carbocycles. The predicted molar refractivity (Wildman–Crippen MR) is 293 cm³/mol. The SMILES string of the molecule is CC[C@]1(C(C(=O)N[C@@H](CC(N)=O)C(=O)N2CCC[C@H]2C(=O)N[C@H](C(=O)O)C(C)C)N(C)CCN(C)CCN(C)CCN)C(=O)OCc2c1cc1n(c2=O)Cc2c-1nc1cc(F)c(C)c3c1c2[C@@H](NC(=O)OCc1ccccc1)CC3. The fourth-order valence-electron chi connectivity index (χ4n) is 12.1. The lowest BCUT2D eigenvalue weighted by atomic mass is 9.68. The van der Waals surface area contributed by atoms with Crippen molar-refractivity contribution in [3.8, 4) is 11.4 Å². The quantitative estimate of drug-likeness (QED) is 0.0511. The molecule has 0 saturated carbocycles. The van der Waals surface area contributed by atoms with Crippen LogP contribution >= 0.6 is 0 Å². The lowest BCUT2D eigenvalue weighted by Crippen LogP contribution is -2.65. The molecule has 4 aliphatic rings. The van der Waals surface area contributed by atoms with Gasteiger partial charge in [-0.05, 0) is 100.0 Å². The van der Waals surface area contributed by atoms with Crippen LogP contribution in [0.3, 0.4) is 0 Å². The first-order valence-electron chi connectivity index (χ1n) is 27.4. The molecular formula is C57H74FN11O11. The van der Waals surface area contributed by atoms with Gasteiger partial charge in [-0.2, -0.15) is 0 Å². The zero-order valence-corrected chi connectivity index (χ0v) is 46.6. The average molecular weight is 1110 g/mol. The standard InChI is InChI=1S/C57H74FN11O11/c1-8-57(49(67(7)24-23-66(6)22-21-65(5)20-18-59)51(72)62-41(27-44(60)70)53(74)68-19-12-15-42(68)50(71)64-47(31(2)3)54(75)76)37-25-43-48-35(28-69(43)52(73)36(37)30-79-55(57)77)46-39(63-56(78)80-29-33-13-10-9-11-14-33)17-16-34-32(4)38(58)26-40(61-48)45(34)46/h9-11,13-14,25-26,31,39,41-42,47,49H,8,12,15-24,27-30,59H2,1-7H3,(H2,60,70)(H,62,72)(H,63,78)(H,64,71)(H,75,76)/t39-,41-,42-,47-,49?,57-/m0/s1. The summed E-state index contributed by atoms with van der Waals surface area (Å²) in [4.78, 5) is 125. The van der Waals surface area contributed by atoms with E-state index in [1.165, 1.54) is 15.5 Å². The van der Waals surface area contributed by atoms with Crippen LogP contribution in [0.25, 0.3) is 22.3 Å². The molecule has 0 radical (unpaired) electrons. The number of pyridine rings is 2. The molecule has 5 heterocycles. The van der Waals surface area contributed by atoms with E-state index in [-0.39, 0.29) is 55.9 Å². The maximum Gasteiger partial charge on any atom is 0.407 e. The molecule has 1 saturated heterocycles. The number of alkyl carbamates (subject to hydrolysis) is 1. The largest absolute Gasteiger partial charge is 0.480 e. The minimum Gasteiger partial charge on any atom is -0.480 e. The van der Waals surface area contributed by atoms with Crippen molar-refractivity contribution in [3.63, 3.8) is 0 Å². The number of hydrogen-bond donors (Lipinski definition) is 6. The van der Waals surface area contributed by atoms with Crippen LogP contribution in [0.5, 0.6) is 0 Å². The maximum absolute atomic E-state index is 15.9. The van der Waals surface area contributed by atoms with Crippen LogP contribution in [-0.4, -0.2) is 167 Å². The first-order chi connectivity index (χ1) is 38.1. The Labute approximate surface area is 463 Å². The first-order valence-corrected chi connectivity index (χ1v) is 27.4. The highest BCUT2D eigenvalue weighted by Gasteiger charge is 2.57. The highest BCUT2D eigenvalue weighted by Crippen LogP contribution is 2.47. The van der Waals surface area contributed by atoms with E-state index in [0.717, 1.165) is 11.1 Å². The van der Waals surface area contributed by atoms with Gasteiger partial charge in [-0.1, -0.05) is 51.1 Å². The van der Waals surface area contributed by atoms with Crippen molar-refractivity contribution in [1.29, 1.82) is 0 Å². The van der Waals surface area contributed by atoms with Gasteiger partial charge < -0.3 is 61.3 Å². The summed E-state index contributed by atoms with van der Waals surface area (Å²) < 4.78 is 29.0. The number of rotatable bonds is 23. The Balaban J connectivity index is 1.21. The second-order valence-corrected chi connectivity index (χ2v) is 22.0. The first kappa shape index (κ1) is 58.8. The highest BCUT2D eigenvalue weighted by molar-refractivity contribution is 6.00. The number of carboxylic acid groups (broad SMARTS) is 1. The van der Waals surface area contributed by atoms with Crippen molar-refractivity contribution in [1.82, 2.24) is 45.1 Å². The molecule has 2 aromatic carbocycles. The van der Waals surface area contributed by atoms with Crippen LogP contribution in [0.4, 0.5) is 9.18 Å². The zero-order chi connectivity index (χ0) is 57.9. The number of amides is 5. The van der Waals surface area contributed by atoms with E-state index < -0.39 is 108 Å². The third kappa shape index (κ3) is 11.6. The summed E-state index contributed by atoms with van der Waals surface area (Å²) in [5, 5.41) is 18.8. The number of nitrogens with zero attached hydrogens (tertiary/aromatic N) is 6. The van der Waals surface area contributed by atoms with Gasteiger partial charge in [0.1, 0.15) is 48.6 Å². The molecular weight excluding hydrogens is 1030 g/mol. The Morgan fingerprint density at radius 2 is 1.66 bits per heavy atom. The highest BCUT2D eigenvalue weighted by atomic mass is 19.1. The fourth-order valence-corrected chi connectivity index (χ4v) is 12.1. The van der Waals surface area contributed by atoms with E-state index in [1.54, 1.807) is 45.7 Å². The van der Waals surface area contributed by atoms with Crippen molar-refractivity contribution >= 4 is 52.6 Å². The van der Waals surface area contributed by atoms with E-state index >= 15 is 18.8 Å². The van der Waals surface area contributed by atoms with Crippen molar-refractivity contribution < 1.29 is 52.5 Å². The number of esters is 1. The number of fused-ring (bicyclic) bond motifs is 5. The molecule has 23 heteroatoms. The molecule has 3 aliphatic heterocycles. The lowest BCUT2D eigenvalue weighted by molar-refractivity contribution is -0.161. The number of aliphatic carboxylic acids is 1. The normalized spacial score (nSPS) is 19.3. The summed E-state index contributed by atoms with van der Waals surface area (Å²) in [6.07, 6.45) is -0.182. The molecule has 80 heavy (non-hydrogen) atoms. The number of hydrogen-bond acceptors (Lipinski definition) is 15. The van der Waals surface area contributed by atoms with Gasteiger partial charge in [-0.15, -0.1) is 0 Å². The minimum absolute atomic E-state index is 0.00723. The smallest absolute Gasteiger partial charge is 0.407 e. The predicted octanol–water partition coefficient (Wildman–Crippen LogP) is 2.19. The van der Waals surface area contributed by atoms with Crippen molar-refractivity contribution in [3.05, 3.63) is 97.6 Å². The molecule has 6 atom stereocenters. The molecule has 22 nitrogen and oxygen atoms in total. The average Bonchev–Trinajstić information content (AvgIpc) is 4.15. The molecule has 1 unspecified atom stereocenters. The maximum atomic E-state index is 15.9. The zero-order valence-electron chi connectivity index (χ0n) is 46.6. The van der Waals surface area contributed by atoms with Gasteiger partial charge in [-0.3, -0.25) is 33.7 Å². The Kier molecular flexibility index (Phi) is 18.1. The fraction of sp³-hybridized carbons (Fsp3) is 0.526. The Hall–Kier alpha value is -7.34. The van der Waals surface area contributed by atoms with Crippen LogP contribution in [0.2, 0.25) is 0 Å². The van der Waals surface area contributed by atoms with Crippen LogP contribution in [-0.2, 0) is 69.8 Å². The Morgan fingerprint density at radius 3 is 2.33 bits per heavy atom. The number of carboxylic acids is 1. The minimum atomic E-state index is -1.98. The van der Waals surface area contributed by atoms with Crippen LogP contribution in [0.15, 0.2) is 47.3 Å². The Bertz CT molecular complexity index is 3140. The third-order valence-corrected chi connectivity index (χ3v) is 16.4. The summed E-state index contributed by atoms with van der Waals surface area (Å²) in [7, 11) is 5.49. The number of carbonyl (C=O) groups is 7. The molecule has 430 valence electrons. The van der Waals surface area contributed by atoms with Gasteiger partial charge in [0.15, 0.2) is 0 Å². The number of primary amides is 1. The number of likely N-dealkylation sites (tertiary alicyclic amines) is 1. The van der Waals surface area contributed by atoms with Gasteiger partial charge >= 0.3 is 18.0 Å². The van der Waals surface area contributed by atoms with E-state index in [2.05, 4.69) is 20.9 Å². The summed E-state index contributed by atoms with van der Waals surface area (Å²) in [5.41, 5.74) is 13.4.